The summed E-state index contributed by atoms with van der Waals surface area (Å²) in [6.45, 7) is 1.14. The Kier molecular flexibility index (Phi) is 4.37. The lowest BCUT2D eigenvalue weighted by Gasteiger charge is -2.18. The molecule has 5 heteroatoms. The highest BCUT2D eigenvalue weighted by atomic mass is 15.2. The Morgan fingerprint density at radius 3 is 2.74 bits per heavy atom. The van der Waals surface area contributed by atoms with E-state index >= 15 is 0 Å². The summed E-state index contributed by atoms with van der Waals surface area (Å²) in [7, 11) is 1.99. The first-order valence-corrected chi connectivity index (χ1v) is 6.00. The molecular formula is C14H15N5. The van der Waals surface area contributed by atoms with Gasteiger partial charge in [-0.05, 0) is 28.8 Å². The molecule has 0 aliphatic rings. The molecule has 0 spiro atoms. The molecule has 19 heavy (non-hydrogen) atoms. The van der Waals surface area contributed by atoms with E-state index in [2.05, 4.69) is 32.0 Å². The molecule has 96 valence electrons. The summed E-state index contributed by atoms with van der Waals surface area (Å²) in [6, 6.07) is 14.0. The fraction of sp³-hybridized carbons (Fsp3) is 0.214. The van der Waals surface area contributed by atoms with Gasteiger partial charge >= 0.3 is 0 Å². The summed E-state index contributed by atoms with van der Waals surface area (Å²) >= 11 is 0. The molecule has 1 aromatic carbocycles. The highest BCUT2D eigenvalue weighted by molar-refractivity contribution is 5.41. The van der Waals surface area contributed by atoms with Gasteiger partial charge in [0.2, 0.25) is 0 Å². The molecular weight excluding hydrogens is 238 g/mol. The van der Waals surface area contributed by atoms with Gasteiger partial charge < -0.3 is 4.90 Å². The highest BCUT2D eigenvalue weighted by Gasteiger charge is 2.04. The normalized spacial score (nSPS) is 9.74. The molecule has 0 saturated carbocycles. The Bertz CT molecular complexity index is 575. The molecule has 1 aromatic heterocycles. The van der Waals surface area contributed by atoms with Crippen LogP contribution in [0.1, 0.15) is 11.1 Å². The molecule has 0 saturated heterocycles. The maximum atomic E-state index is 8.33. The predicted octanol–water partition coefficient (Wildman–Crippen LogP) is 3.53. The molecule has 0 amide bonds. The summed E-state index contributed by atoms with van der Waals surface area (Å²) in [5.74, 6) is 0.870. The molecule has 0 aliphatic heterocycles. The molecule has 0 atom stereocenters. The number of hydrogen-bond acceptors (Lipinski definition) is 3. The summed E-state index contributed by atoms with van der Waals surface area (Å²) in [6.07, 6.45) is 1.74. The van der Waals surface area contributed by atoms with Crippen LogP contribution in [-0.2, 0) is 13.1 Å². The van der Waals surface area contributed by atoms with E-state index in [0.29, 0.717) is 6.54 Å². The fourth-order valence-corrected chi connectivity index (χ4v) is 1.82. The molecule has 5 nitrogen and oxygen atoms in total. The number of pyridine rings is 1. The number of azide groups is 1. The van der Waals surface area contributed by atoms with Crippen LogP contribution in [0.25, 0.3) is 10.4 Å². The van der Waals surface area contributed by atoms with Gasteiger partial charge in [-0.25, -0.2) is 4.98 Å². The lowest BCUT2D eigenvalue weighted by molar-refractivity contribution is 0.892. The molecule has 0 unspecified atom stereocenters. The Morgan fingerprint density at radius 1 is 1.21 bits per heavy atom. The van der Waals surface area contributed by atoms with E-state index in [0.717, 1.165) is 17.9 Å². The fourth-order valence-electron chi connectivity index (χ4n) is 1.82. The lowest BCUT2D eigenvalue weighted by atomic mass is 10.2. The molecule has 1 heterocycles. The second-order valence-electron chi connectivity index (χ2n) is 4.25. The maximum absolute atomic E-state index is 8.33. The van der Waals surface area contributed by atoms with Gasteiger partial charge in [-0.15, -0.1) is 0 Å². The third-order valence-electron chi connectivity index (χ3n) is 2.78. The van der Waals surface area contributed by atoms with Crippen molar-refractivity contribution in [3.05, 3.63) is 70.2 Å². The molecule has 2 aromatic rings. The lowest BCUT2D eigenvalue weighted by Crippen LogP contribution is -2.17. The van der Waals surface area contributed by atoms with Crippen molar-refractivity contribution in [2.24, 2.45) is 5.11 Å². The van der Waals surface area contributed by atoms with Crippen molar-refractivity contribution in [2.45, 2.75) is 13.1 Å². The van der Waals surface area contributed by atoms with Gasteiger partial charge in [-0.3, -0.25) is 0 Å². The largest absolute Gasteiger partial charge is 0.355 e. The minimum absolute atomic E-state index is 0.352. The van der Waals surface area contributed by atoms with Gasteiger partial charge in [0.1, 0.15) is 5.82 Å². The number of rotatable bonds is 5. The summed E-state index contributed by atoms with van der Waals surface area (Å²) < 4.78 is 0. The Morgan fingerprint density at radius 2 is 2.00 bits per heavy atom. The second kappa shape index (κ2) is 6.42. The first kappa shape index (κ1) is 12.9. The van der Waals surface area contributed by atoms with E-state index in [1.54, 1.807) is 6.20 Å². The van der Waals surface area contributed by atoms with Crippen molar-refractivity contribution in [2.75, 3.05) is 11.9 Å². The van der Waals surface area contributed by atoms with E-state index in [4.69, 9.17) is 5.53 Å². The zero-order valence-electron chi connectivity index (χ0n) is 10.8. The van der Waals surface area contributed by atoms with Crippen molar-refractivity contribution >= 4 is 5.82 Å². The van der Waals surface area contributed by atoms with Crippen molar-refractivity contribution in [3.63, 3.8) is 0 Å². The Labute approximate surface area is 112 Å². The zero-order chi connectivity index (χ0) is 13.5. The average Bonchev–Trinajstić information content (AvgIpc) is 2.46. The van der Waals surface area contributed by atoms with E-state index in [1.165, 1.54) is 5.56 Å². The van der Waals surface area contributed by atoms with Crippen LogP contribution in [0.15, 0.2) is 53.8 Å². The molecule has 0 radical (unpaired) electrons. The van der Waals surface area contributed by atoms with Crippen molar-refractivity contribution < 1.29 is 0 Å². The Balaban J connectivity index is 2.10. The predicted molar refractivity (Wildman–Crippen MR) is 75.6 cm³/mol. The van der Waals surface area contributed by atoms with Crippen molar-refractivity contribution in [1.29, 1.82) is 0 Å². The number of hydrogen-bond donors (Lipinski definition) is 0. The van der Waals surface area contributed by atoms with Crippen molar-refractivity contribution in [3.8, 4) is 0 Å². The van der Waals surface area contributed by atoms with Gasteiger partial charge in [0.05, 0.1) is 6.54 Å². The van der Waals surface area contributed by atoms with Crippen LogP contribution >= 0.6 is 0 Å². The van der Waals surface area contributed by atoms with Crippen molar-refractivity contribution in [1.82, 2.24) is 4.98 Å². The van der Waals surface area contributed by atoms with Crippen LogP contribution in [-0.4, -0.2) is 12.0 Å². The molecule has 2 rings (SSSR count). The topological polar surface area (TPSA) is 64.9 Å². The number of aromatic nitrogens is 1. The SMILES string of the molecule is CN(Cc1ccccc1)c1cc(CN=[N+]=[N-])ccn1. The summed E-state index contributed by atoms with van der Waals surface area (Å²) in [4.78, 5) is 9.16. The standard InChI is InChI=1S/C14H15N5/c1-19(11-12-5-3-2-4-6-12)14-9-13(7-8-16-14)10-17-18-15/h2-9H,10-11H2,1H3. The van der Waals surface area contributed by atoms with E-state index in [9.17, 15) is 0 Å². The van der Waals surface area contributed by atoms with E-state index in [-0.39, 0.29) is 0 Å². The van der Waals surface area contributed by atoms with Crippen LogP contribution in [0.2, 0.25) is 0 Å². The van der Waals surface area contributed by atoms with Crippen LogP contribution in [0.4, 0.5) is 5.82 Å². The minimum atomic E-state index is 0.352. The number of anilines is 1. The number of nitrogens with zero attached hydrogens (tertiary/aromatic N) is 5. The second-order valence-corrected chi connectivity index (χ2v) is 4.25. The minimum Gasteiger partial charge on any atom is -0.355 e. The highest BCUT2D eigenvalue weighted by Crippen LogP contribution is 2.14. The third-order valence-corrected chi connectivity index (χ3v) is 2.78. The Hall–Kier alpha value is -2.52. The number of benzene rings is 1. The van der Waals surface area contributed by atoms with Gasteiger partial charge in [0, 0.05) is 24.7 Å². The van der Waals surface area contributed by atoms with Crippen LogP contribution in [0, 0.1) is 0 Å². The van der Waals surface area contributed by atoms with Gasteiger partial charge in [0.15, 0.2) is 0 Å². The van der Waals surface area contributed by atoms with Gasteiger partial charge in [-0.2, -0.15) is 0 Å². The maximum Gasteiger partial charge on any atom is 0.128 e. The van der Waals surface area contributed by atoms with Crippen LogP contribution in [0.3, 0.4) is 0 Å². The first-order valence-electron chi connectivity index (χ1n) is 6.00. The molecule has 0 aliphatic carbocycles. The molecule has 0 N–H and O–H groups in total. The van der Waals surface area contributed by atoms with Gasteiger partial charge in [-0.1, -0.05) is 35.4 Å². The van der Waals surface area contributed by atoms with E-state index < -0.39 is 0 Å². The van der Waals surface area contributed by atoms with Crippen LogP contribution in [0.5, 0.6) is 0 Å². The average molecular weight is 253 g/mol. The zero-order valence-corrected chi connectivity index (χ0v) is 10.8. The van der Waals surface area contributed by atoms with Gasteiger partial charge in [0.25, 0.3) is 0 Å². The quantitative estimate of drug-likeness (QED) is 0.465. The van der Waals surface area contributed by atoms with Crippen LogP contribution < -0.4 is 4.90 Å². The van der Waals surface area contributed by atoms with E-state index in [1.807, 2.05) is 37.4 Å². The third kappa shape index (κ3) is 3.72. The summed E-state index contributed by atoms with van der Waals surface area (Å²) in [5.41, 5.74) is 10.5. The monoisotopic (exact) mass is 253 g/mol. The molecule has 0 bridgehead atoms. The smallest absolute Gasteiger partial charge is 0.128 e. The first-order chi connectivity index (χ1) is 9.29. The summed E-state index contributed by atoms with van der Waals surface area (Å²) in [5, 5.41) is 3.56. The molecule has 0 fully saturated rings.